The maximum absolute atomic E-state index is 14.8. The van der Waals surface area contributed by atoms with Crippen molar-refractivity contribution in [1.29, 1.82) is 0 Å². The van der Waals surface area contributed by atoms with Gasteiger partial charge < -0.3 is 36.8 Å². The zero-order valence-corrected chi connectivity index (χ0v) is 30.4. The lowest BCUT2D eigenvalue weighted by molar-refractivity contribution is -0.142. The van der Waals surface area contributed by atoms with Crippen LogP contribution in [0.4, 0.5) is 4.79 Å². The summed E-state index contributed by atoms with van der Waals surface area (Å²) >= 11 is 0. The Morgan fingerprint density at radius 2 is 1.74 bits per heavy atom. The monoisotopic (exact) mass is 748 g/mol. The Hall–Kier alpha value is -5.52. The second kappa shape index (κ2) is 17.5. The van der Waals surface area contributed by atoms with Crippen LogP contribution in [0.5, 0.6) is 0 Å². The topological polar surface area (TPSA) is 265 Å². The Bertz CT molecular complexity index is 1850. The highest BCUT2D eigenvalue weighted by atomic mass is 16.4. The molecule has 7 N–H and O–H groups in total. The van der Waals surface area contributed by atoms with E-state index in [9.17, 15) is 33.9 Å². The van der Waals surface area contributed by atoms with Gasteiger partial charge in [-0.2, -0.15) is 0 Å². The van der Waals surface area contributed by atoms with Gasteiger partial charge in [0.15, 0.2) is 0 Å². The van der Waals surface area contributed by atoms with E-state index in [1.54, 1.807) is 32.0 Å². The van der Waals surface area contributed by atoms with Crippen LogP contribution in [0.1, 0.15) is 100 Å². The van der Waals surface area contributed by atoms with Gasteiger partial charge in [-0.1, -0.05) is 43.4 Å². The number of unbranched alkanes of at least 4 members (excludes halogenated alkanes) is 1. The number of ketones is 1. The zero-order chi connectivity index (χ0) is 39.0. The first kappa shape index (κ1) is 39.7. The number of likely N-dealkylation sites (tertiary alicyclic amines) is 1. The second-order valence-corrected chi connectivity index (χ2v) is 14.5. The number of aliphatic hydroxyl groups is 1. The van der Waals surface area contributed by atoms with Crippen molar-refractivity contribution in [2.45, 2.75) is 108 Å². The third-order valence-electron chi connectivity index (χ3n) is 10.1. The van der Waals surface area contributed by atoms with Crippen molar-refractivity contribution in [3.05, 3.63) is 48.0 Å². The molecule has 18 nitrogen and oxygen atoms in total. The molecule has 1 aliphatic carbocycles. The van der Waals surface area contributed by atoms with E-state index < -0.39 is 65.3 Å². The summed E-state index contributed by atoms with van der Waals surface area (Å²) in [6.07, 6.45) is 8.89. The maximum atomic E-state index is 14.8. The molecule has 5 amide bonds. The number of carbonyl (C=O) groups is 6. The number of benzene rings is 1. The lowest BCUT2D eigenvalue weighted by atomic mass is 9.84. The number of nitrogens with zero attached hydrogens (tertiary/aromatic N) is 6. The summed E-state index contributed by atoms with van der Waals surface area (Å²) in [7, 11) is 0. The van der Waals surface area contributed by atoms with Crippen LogP contribution in [0.15, 0.2) is 36.8 Å². The summed E-state index contributed by atoms with van der Waals surface area (Å²) < 4.78 is 1.47. The Balaban J connectivity index is 1.45. The highest BCUT2D eigenvalue weighted by Gasteiger charge is 2.45. The normalized spacial score (nSPS) is 18.8. The second-order valence-electron chi connectivity index (χ2n) is 14.5. The molecule has 3 aromatic rings. The van der Waals surface area contributed by atoms with E-state index in [4.69, 9.17) is 10.8 Å². The summed E-state index contributed by atoms with van der Waals surface area (Å²) in [5, 5.41) is 35.7. The third-order valence-corrected chi connectivity index (χ3v) is 10.1. The molecule has 0 bridgehead atoms. The van der Waals surface area contributed by atoms with Gasteiger partial charge in [-0.05, 0) is 57.6 Å². The molecule has 54 heavy (non-hydrogen) atoms. The number of amides is 5. The highest BCUT2D eigenvalue weighted by Crippen LogP contribution is 2.33. The molecule has 1 aliphatic heterocycles. The molecule has 18 heteroatoms. The summed E-state index contributed by atoms with van der Waals surface area (Å²) in [6, 6.07) is 0.808. The van der Waals surface area contributed by atoms with Gasteiger partial charge in [-0.25, -0.2) is 9.48 Å². The quantitative estimate of drug-likeness (QED) is 0.0896. The fourth-order valence-corrected chi connectivity index (χ4v) is 7.40. The summed E-state index contributed by atoms with van der Waals surface area (Å²) in [4.78, 5) is 88.6. The minimum Gasteiger partial charge on any atom is -0.465 e. The number of para-hydroxylation sites is 1. The molecule has 290 valence electrons. The molecule has 1 unspecified atom stereocenters. The number of fused-ring (bicyclic) bond motifs is 1. The van der Waals surface area contributed by atoms with Crippen molar-refractivity contribution in [2.24, 2.45) is 11.7 Å². The van der Waals surface area contributed by atoms with Crippen LogP contribution in [0.2, 0.25) is 0 Å². The molecule has 1 saturated heterocycles. The summed E-state index contributed by atoms with van der Waals surface area (Å²) in [6.45, 7) is 3.16. The molecule has 5 rings (SSSR count). The SMILES string of the molecule is CC(C)(O)c1cnnn1[C@H]1C[C@@H](C(=O)NC(CCCCNC(=O)O)C(=O)C(N)=O)N(C(=O)[C@@H](CC2CCCCC2)NC(=O)c2cccc3nccnc23)C1. The van der Waals surface area contributed by atoms with Crippen LogP contribution in [0.3, 0.4) is 0 Å². The number of rotatable bonds is 16. The van der Waals surface area contributed by atoms with E-state index in [1.807, 2.05) is 0 Å². The standard InChI is InChI=1S/C36H48N10O8/c1-36(2,54)28-19-41-44-46(28)22-18-27(33(50)42-25(30(47)31(37)48)12-6-7-14-40-35(52)53)45(20-22)34(51)26(17-21-9-4-3-5-10-21)43-32(49)23-11-8-13-24-29(23)39-16-15-38-24/h8,11,13,15-16,19,21-22,25-27,40,54H,3-7,9-10,12,14,17-18,20H2,1-2H3,(H2,37,48)(H,42,50)(H,43,49)(H,52,53)/t22-,25?,26+,27-/m0/s1. The lowest BCUT2D eigenvalue weighted by Crippen LogP contribution is -2.56. The van der Waals surface area contributed by atoms with Crippen molar-refractivity contribution in [3.8, 4) is 0 Å². The van der Waals surface area contributed by atoms with E-state index >= 15 is 0 Å². The van der Waals surface area contributed by atoms with Crippen LogP contribution in [-0.4, -0.2) is 107 Å². The van der Waals surface area contributed by atoms with Gasteiger partial charge in [0.25, 0.3) is 11.8 Å². The molecule has 2 aromatic heterocycles. The van der Waals surface area contributed by atoms with Crippen LogP contribution in [-0.2, 0) is 24.8 Å². The lowest BCUT2D eigenvalue weighted by Gasteiger charge is -2.32. The third kappa shape index (κ3) is 9.71. The average Bonchev–Trinajstić information content (AvgIpc) is 3.82. The van der Waals surface area contributed by atoms with Gasteiger partial charge in [0.05, 0.1) is 35.1 Å². The van der Waals surface area contributed by atoms with Crippen molar-refractivity contribution in [3.63, 3.8) is 0 Å². The number of nitrogens with two attached hydrogens (primary N) is 1. The molecule has 1 saturated carbocycles. The Morgan fingerprint density at radius 3 is 2.44 bits per heavy atom. The number of hydrogen-bond acceptors (Lipinski definition) is 11. The minimum absolute atomic E-state index is 0.00698. The molecule has 1 aromatic carbocycles. The molecule has 0 spiro atoms. The number of aromatic nitrogens is 5. The van der Waals surface area contributed by atoms with Crippen LogP contribution in [0, 0.1) is 5.92 Å². The Labute approximate surface area is 311 Å². The molecule has 2 fully saturated rings. The predicted molar refractivity (Wildman–Crippen MR) is 192 cm³/mol. The molecule has 4 atom stereocenters. The maximum Gasteiger partial charge on any atom is 0.404 e. The van der Waals surface area contributed by atoms with E-state index in [0.717, 1.165) is 32.1 Å². The van der Waals surface area contributed by atoms with Crippen molar-refractivity contribution in [2.75, 3.05) is 13.1 Å². The number of carbonyl (C=O) groups excluding carboxylic acids is 5. The van der Waals surface area contributed by atoms with Gasteiger partial charge in [0.2, 0.25) is 17.6 Å². The van der Waals surface area contributed by atoms with E-state index in [1.165, 1.54) is 28.2 Å². The van der Waals surface area contributed by atoms with Crippen LogP contribution >= 0.6 is 0 Å². The van der Waals surface area contributed by atoms with Crippen molar-refractivity contribution < 1.29 is 39.0 Å². The van der Waals surface area contributed by atoms with E-state index in [-0.39, 0.29) is 43.8 Å². The predicted octanol–water partition coefficient (Wildman–Crippen LogP) is 1.34. The van der Waals surface area contributed by atoms with Crippen LogP contribution in [0.25, 0.3) is 11.0 Å². The first-order valence-electron chi connectivity index (χ1n) is 18.3. The number of nitrogens with one attached hydrogen (secondary N) is 3. The smallest absolute Gasteiger partial charge is 0.404 e. The summed E-state index contributed by atoms with van der Waals surface area (Å²) in [5.41, 5.74) is 5.42. The fourth-order valence-electron chi connectivity index (χ4n) is 7.40. The van der Waals surface area contributed by atoms with Gasteiger partial charge in [0.1, 0.15) is 23.2 Å². The number of Topliss-reactive ketones (excluding diaryl/α,β-unsaturated/α-hetero) is 1. The van der Waals surface area contributed by atoms with Gasteiger partial charge >= 0.3 is 6.09 Å². The number of primary amides is 1. The van der Waals surface area contributed by atoms with Crippen molar-refractivity contribution in [1.82, 2.24) is 45.8 Å². The van der Waals surface area contributed by atoms with Gasteiger partial charge in [-0.3, -0.25) is 33.9 Å². The van der Waals surface area contributed by atoms with Gasteiger partial charge in [-0.15, -0.1) is 5.10 Å². The van der Waals surface area contributed by atoms with Gasteiger partial charge in [0, 0.05) is 31.9 Å². The fraction of sp³-hybridized carbons (Fsp3) is 0.556. The van der Waals surface area contributed by atoms with E-state index in [2.05, 4.69) is 36.2 Å². The number of carboxylic acid groups (broad SMARTS) is 1. The largest absolute Gasteiger partial charge is 0.465 e. The first-order chi connectivity index (χ1) is 25.7. The Kier molecular flexibility index (Phi) is 12.9. The minimum atomic E-state index is -1.37. The molecule has 3 heterocycles. The highest BCUT2D eigenvalue weighted by molar-refractivity contribution is 6.37. The molecule has 0 radical (unpaired) electrons. The summed E-state index contributed by atoms with van der Waals surface area (Å²) in [5.74, 6) is -3.94. The van der Waals surface area contributed by atoms with E-state index in [0.29, 0.717) is 29.6 Å². The number of hydrogen-bond donors (Lipinski definition) is 6. The average molecular weight is 749 g/mol. The first-order valence-corrected chi connectivity index (χ1v) is 18.3. The zero-order valence-electron chi connectivity index (χ0n) is 30.4. The molecular formula is C36H48N10O8. The molecule has 2 aliphatic rings. The molecular weight excluding hydrogens is 700 g/mol. The van der Waals surface area contributed by atoms with Crippen LogP contribution < -0.4 is 21.7 Å². The Morgan fingerprint density at radius 1 is 1.00 bits per heavy atom. The van der Waals surface area contributed by atoms with Crippen molar-refractivity contribution >= 4 is 46.5 Å².